The third-order valence-corrected chi connectivity index (χ3v) is 12.7. The minimum absolute atomic E-state index is 0.0737. The van der Waals surface area contributed by atoms with E-state index in [4.69, 9.17) is 21.4 Å². The molecular formula is C50H50ClF3N8O6. The van der Waals surface area contributed by atoms with E-state index in [2.05, 4.69) is 37.7 Å². The summed E-state index contributed by atoms with van der Waals surface area (Å²) >= 11 is 5.91. The number of alkyl halides is 3. The number of carbonyl (C=O) groups is 5. The molecule has 0 aliphatic carbocycles. The third kappa shape index (κ3) is 11.0. The molecule has 2 saturated heterocycles. The number of carbonyl (C=O) groups excluding carboxylic acids is 5. The predicted octanol–water partition coefficient (Wildman–Crippen LogP) is 8.59. The van der Waals surface area contributed by atoms with Crippen LogP contribution in [0.15, 0.2) is 72.9 Å². The Kier molecular flexibility index (Phi) is 14.8. The zero-order valence-electron chi connectivity index (χ0n) is 37.4. The SMILES string of the molecule is Cc1c(C#Cc2cnc3ccc(N4CCC(OCCCCCCCCCNc5cccc6c5C(=O)N(C5CCC(=O)NC5=O)C6=O)CC4)nn23)cccc1C(=O)Nc1cc(Cl)cc(C(F)(F)F)c1. The number of hydrogen-bond donors (Lipinski definition) is 3. The number of imidazole rings is 1. The molecule has 14 nitrogen and oxygen atoms in total. The number of fused-ring (bicyclic) bond motifs is 2. The van der Waals surface area contributed by atoms with E-state index in [-0.39, 0.29) is 46.3 Å². The number of ether oxygens (including phenoxy) is 1. The van der Waals surface area contributed by atoms with Gasteiger partial charge in [-0.1, -0.05) is 61.8 Å². The zero-order chi connectivity index (χ0) is 48.0. The number of nitrogens with one attached hydrogen (secondary N) is 3. The Balaban J connectivity index is 0.730. The Hall–Kier alpha value is -6.77. The summed E-state index contributed by atoms with van der Waals surface area (Å²) in [6.45, 7) is 4.66. The van der Waals surface area contributed by atoms with E-state index >= 15 is 0 Å². The summed E-state index contributed by atoms with van der Waals surface area (Å²) in [5, 5.41) is 12.8. The van der Waals surface area contributed by atoms with Gasteiger partial charge in [-0.3, -0.25) is 34.2 Å². The van der Waals surface area contributed by atoms with Gasteiger partial charge in [0.05, 0.1) is 29.0 Å². The van der Waals surface area contributed by atoms with E-state index in [9.17, 15) is 37.1 Å². The van der Waals surface area contributed by atoms with Gasteiger partial charge < -0.3 is 20.3 Å². The average Bonchev–Trinajstić information content (AvgIpc) is 3.84. The number of anilines is 3. The highest BCUT2D eigenvalue weighted by atomic mass is 35.5. The molecule has 1 unspecified atom stereocenters. The van der Waals surface area contributed by atoms with Crippen molar-refractivity contribution in [1.29, 1.82) is 0 Å². The highest BCUT2D eigenvalue weighted by Crippen LogP contribution is 2.35. The standard InChI is InChI=1S/C50H50ClF3N8O6/c1-31-32(11-9-12-38(31)46(64)57-35-28-33(50(52,53)54)27-34(51)29-35)15-16-36-30-56-42-18-19-43(59-62(36)42)60-24-21-37(22-25-60)68-26-8-6-4-2-3-5-7-23-55-40-14-10-13-39-45(40)49(67)61(48(39)66)41-17-20-44(63)58-47(41)65/h9-14,18-19,27-30,37,41,55H,2-8,17,20-26H2,1H3,(H,57,64)(H,58,63,65). The van der Waals surface area contributed by atoms with Crippen molar-refractivity contribution in [2.24, 2.45) is 0 Å². The van der Waals surface area contributed by atoms with Crippen molar-refractivity contribution < 1.29 is 41.9 Å². The van der Waals surface area contributed by atoms with E-state index in [0.29, 0.717) is 34.7 Å². The van der Waals surface area contributed by atoms with Gasteiger partial charge in [-0.25, -0.2) is 9.50 Å². The molecule has 5 heterocycles. The van der Waals surface area contributed by atoms with E-state index in [1.165, 1.54) is 6.07 Å². The van der Waals surface area contributed by atoms with E-state index in [1.54, 1.807) is 54.0 Å². The molecule has 68 heavy (non-hydrogen) atoms. The highest BCUT2D eigenvalue weighted by molar-refractivity contribution is 6.31. The van der Waals surface area contributed by atoms with Crippen LogP contribution in [0.2, 0.25) is 5.02 Å². The summed E-state index contributed by atoms with van der Waals surface area (Å²) in [5.74, 6) is 4.38. The highest BCUT2D eigenvalue weighted by Gasteiger charge is 2.45. The number of piperidine rings is 2. The second-order valence-electron chi connectivity index (χ2n) is 17.1. The largest absolute Gasteiger partial charge is 0.416 e. The van der Waals surface area contributed by atoms with Gasteiger partial charge >= 0.3 is 6.18 Å². The Bertz CT molecular complexity index is 2810. The number of nitrogens with zero attached hydrogens (tertiary/aromatic N) is 5. The van der Waals surface area contributed by atoms with Gasteiger partial charge in [0.15, 0.2) is 5.65 Å². The molecule has 3 aromatic carbocycles. The fraction of sp³-hybridized carbons (Fsp3) is 0.380. The lowest BCUT2D eigenvalue weighted by Gasteiger charge is -2.32. The summed E-state index contributed by atoms with van der Waals surface area (Å²) in [4.78, 5) is 71.3. The Morgan fingerprint density at radius 2 is 1.65 bits per heavy atom. The van der Waals surface area contributed by atoms with Crippen molar-refractivity contribution >= 4 is 64.0 Å². The molecular weight excluding hydrogens is 901 g/mol. The number of amides is 5. The summed E-state index contributed by atoms with van der Waals surface area (Å²) in [6, 6.07) is 15.8. The topological polar surface area (TPSA) is 167 Å². The first-order valence-electron chi connectivity index (χ1n) is 22.9. The fourth-order valence-electron chi connectivity index (χ4n) is 8.79. The number of imide groups is 2. The lowest BCUT2D eigenvalue weighted by atomic mass is 10.0. The van der Waals surface area contributed by atoms with Crippen LogP contribution < -0.4 is 20.9 Å². The maximum Gasteiger partial charge on any atom is 0.416 e. The molecule has 0 bridgehead atoms. The van der Waals surface area contributed by atoms with Crippen LogP contribution in [0.3, 0.4) is 0 Å². The van der Waals surface area contributed by atoms with Gasteiger partial charge in [0.2, 0.25) is 11.8 Å². The number of halogens is 4. The smallest absolute Gasteiger partial charge is 0.384 e. The van der Waals surface area contributed by atoms with Crippen LogP contribution in [0.4, 0.5) is 30.4 Å². The van der Waals surface area contributed by atoms with Crippen molar-refractivity contribution in [2.75, 3.05) is 41.8 Å². The monoisotopic (exact) mass is 950 g/mol. The van der Waals surface area contributed by atoms with Gasteiger partial charge in [0.25, 0.3) is 17.7 Å². The normalized spacial score (nSPS) is 16.5. The van der Waals surface area contributed by atoms with Gasteiger partial charge in [-0.2, -0.15) is 13.2 Å². The first-order chi connectivity index (χ1) is 32.7. The average molecular weight is 951 g/mol. The third-order valence-electron chi connectivity index (χ3n) is 12.5. The maximum atomic E-state index is 13.3. The zero-order valence-corrected chi connectivity index (χ0v) is 38.1. The fourth-order valence-corrected chi connectivity index (χ4v) is 9.02. The molecule has 2 aromatic heterocycles. The summed E-state index contributed by atoms with van der Waals surface area (Å²) in [6.07, 6.45) is 6.49. The molecule has 3 aliphatic heterocycles. The maximum absolute atomic E-state index is 13.3. The van der Waals surface area contributed by atoms with Gasteiger partial charge in [0.1, 0.15) is 17.6 Å². The molecule has 354 valence electrons. The van der Waals surface area contributed by atoms with Crippen LogP contribution in [0.25, 0.3) is 5.65 Å². The molecule has 3 aliphatic rings. The van der Waals surface area contributed by atoms with Crippen LogP contribution in [0, 0.1) is 18.8 Å². The van der Waals surface area contributed by atoms with Crippen molar-refractivity contribution in [1.82, 2.24) is 24.8 Å². The number of aromatic nitrogens is 3. The molecule has 0 radical (unpaired) electrons. The molecule has 1 atom stereocenters. The second-order valence-corrected chi connectivity index (χ2v) is 17.6. The lowest BCUT2D eigenvalue weighted by molar-refractivity contribution is -0.138. The van der Waals surface area contributed by atoms with Crippen LogP contribution in [-0.4, -0.2) is 87.4 Å². The molecule has 0 spiro atoms. The molecule has 5 amide bonds. The molecule has 18 heteroatoms. The Morgan fingerprint density at radius 1 is 0.897 bits per heavy atom. The number of rotatable bonds is 16. The van der Waals surface area contributed by atoms with E-state index < -0.39 is 47.3 Å². The van der Waals surface area contributed by atoms with Crippen molar-refractivity contribution in [3.05, 3.63) is 117 Å². The molecule has 8 rings (SSSR count). The van der Waals surface area contributed by atoms with Crippen molar-refractivity contribution in [3.8, 4) is 11.8 Å². The Labute approximate surface area is 395 Å². The molecule has 2 fully saturated rings. The number of benzene rings is 3. The quantitative estimate of drug-likeness (QED) is 0.0495. The minimum Gasteiger partial charge on any atom is -0.384 e. The van der Waals surface area contributed by atoms with Crippen LogP contribution >= 0.6 is 11.6 Å². The number of unbranched alkanes of at least 4 members (excludes halogenated alkanes) is 6. The predicted molar refractivity (Wildman–Crippen MR) is 250 cm³/mol. The first kappa shape index (κ1) is 47.7. The molecule has 5 aromatic rings. The number of hydrogen-bond acceptors (Lipinski definition) is 10. The minimum atomic E-state index is -4.62. The summed E-state index contributed by atoms with van der Waals surface area (Å²) in [5.41, 5.74) is 2.63. The van der Waals surface area contributed by atoms with E-state index in [0.717, 1.165) is 100 Å². The van der Waals surface area contributed by atoms with Gasteiger partial charge in [-0.15, -0.1) is 5.10 Å². The summed E-state index contributed by atoms with van der Waals surface area (Å²) < 4.78 is 47.9. The van der Waals surface area contributed by atoms with E-state index in [1.807, 2.05) is 12.1 Å². The second kappa shape index (κ2) is 21.0. The summed E-state index contributed by atoms with van der Waals surface area (Å²) in [7, 11) is 0. The van der Waals surface area contributed by atoms with Crippen LogP contribution in [0.5, 0.6) is 0 Å². The molecule has 0 saturated carbocycles. The molecule has 3 N–H and O–H groups in total. The lowest BCUT2D eigenvalue weighted by Crippen LogP contribution is -2.54. The van der Waals surface area contributed by atoms with Gasteiger partial charge in [-0.05, 0) is 105 Å². The first-order valence-corrected chi connectivity index (χ1v) is 23.2. The van der Waals surface area contributed by atoms with Crippen LogP contribution in [0.1, 0.15) is 124 Å². The Morgan fingerprint density at radius 3 is 2.41 bits per heavy atom. The van der Waals surface area contributed by atoms with Crippen molar-refractivity contribution in [3.63, 3.8) is 0 Å². The van der Waals surface area contributed by atoms with Crippen LogP contribution in [-0.2, 0) is 20.5 Å². The van der Waals surface area contributed by atoms with Gasteiger partial charge in [0, 0.05) is 60.2 Å². The van der Waals surface area contributed by atoms with Crippen molar-refractivity contribution in [2.45, 2.75) is 95.9 Å².